The van der Waals surface area contributed by atoms with Gasteiger partial charge >= 0.3 is 0 Å². The second kappa shape index (κ2) is 5.55. The lowest BCUT2D eigenvalue weighted by Gasteiger charge is -2.11. The number of benzene rings is 3. The Bertz CT molecular complexity index is 868. The minimum Gasteiger partial charge on any atom is -0.355 e. The zero-order valence-electron chi connectivity index (χ0n) is 10.9. The SMILES string of the molecule is N#Cc1ccc(Nc2ccc(F)c(Br)c2)c2ccccc12. The minimum atomic E-state index is -0.301. The molecule has 0 amide bonds. The average molecular weight is 341 g/mol. The summed E-state index contributed by atoms with van der Waals surface area (Å²) < 4.78 is 13.7. The number of hydrogen-bond donors (Lipinski definition) is 1. The third-order valence-electron chi connectivity index (χ3n) is 3.24. The van der Waals surface area contributed by atoms with Crippen LogP contribution in [0.25, 0.3) is 10.8 Å². The topological polar surface area (TPSA) is 35.8 Å². The predicted molar refractivity (Wildman–Crippen MR) is 86.0 cm³/mol. The van der Waals surface area contributed by atoms with E-state index in [-0.39, 0.29) is 5.82 Å². The molecule has 0 aliphatic heterocycles. The minimum absolute atomic E-state index is 0.301. The lowest BCUT2D eigenvalue weighted by molar-refractivity contribution is 0.621. The van der Waals surface area contributed by atoms with Crippen LogP contribution >= 0.6 is 15.9 Å². The fourth-order valence-corrected chi connectivity index (χ4v) is 2.61. The van der Waals surface area contributed by atoms with Crippen molar-refractivity contribution in [1.29, 1.82) is 5.26 Å². The summed E-state index contributed by atoms with van der Waals surface area (Å²) in [6.07, 6.45) is 0. The molecule has 21 heavy (non-hydrogen) atoms. The van der Waals surface area contributed by atoms with E-state index in [1.54, 1.807) is 18.2 Å². The maximum atomic E-state index is 13.3. The van der Waals surface area contributed by atoms with Crippen molar-refractivity contribution in [2.75, 3.05) is 5.32 Å². The fourth-order valence-electron chi connectivity index (χ4n) is 2.23. The van der Waals surface area contributed by atoms with Gasteiger partial charge in [-0.05, 0) is 46.3 Å². The first kappa shape index (κ1) is 13.6. The monoisotopic (exact) mass is 340 g/mol. The molecule has 2 nitrogen and oxygen atoms in total. The zero-order chi connectivity index (χ0) is 14.8. The predicted octanol–water partition coefficient (Wildman–Crippen LogP) is 5.36. The zero-order valence-corrected chi connectivity index (χ0v) is 12.5. The summed E-state index contributed by atoms with van der Waals surface area (Å²) in [5.74, 6) is -0.301. The number of fused-ring (bicyclic) bond motifs is 1. The van der Waals surface area contributed by atoms with Crippen LogP contribution in [-0.4, -0.2) is 0 Å². The smallest absolute Gasteiger partial charge is 0.137 e. The van der Waals surface area contributed by atoms with E-state index in [2.05, 4.69) is 27.3 Å². The quantitative estimate of drug-likeness (QED) is 0.681. The van der Waals surface area contributed by atoms with E-state index in [4.69, 9.17) is 5.26 Å². The molecule has 0 bridgehead atoms. The van der Waals surface area contributed by atoms with E-state index in [1.165, 1.54) is 6.07 Å². The van der Waals surface area contributed by atoms with Crippen LogP contribution in [0.5, 0.6) is 0 Å². The lowest BCUT2D eigenvalue weighted by Crippen LogP contribution is -1.93. The number of hydrogen-bond acceptors (Lipinski definition) is 2. The molecule has 3 rings (SSSR count). The Kier molecular flexibility index (Phi) is 3.59. The van der Waals surface area contributed by atoms with Crippen molar-refractivity contribution in [1.82, 2.24) is 0 Å². The highest BCUT2D eigenvalue weighted by Crippen LogP contribution is 2.30. The van der Waals surface area contributed by atoms with Crippen LogP contribution in [0.3, 0.4) is 0 Å². The Morgan fingerprint density at radius 2 is 1.76 bits per heavy atom. The van der Waals surface area contributed by atoms with Crippen molar-refractivity contribution in [3.63, 3.8) is 0 Å². The highest BCUT2D eigenvalue weighted by molar-refractivity contribution is 9.10. The van der Waals surface area contributed by atoms with Gasteiger partial charge in [-0.1, -0.05) is 24.3 Å². The molecule has 3 aromatic rings. The molecule has 102 valence electrons. The van der Waals surface area contributed by atoms with Gasteiger partial charge in [0.05, 0.1) is 16.1 Å². The third kappa shape index (κ3) is 2.61. The Morgan fingerprint density at radius 1 is 1.00 bits per heavy atom. The number of rotatable bonds is 2. The molecule has 0 saturated heterocycles. The maximum Gasteiger partial charge on any atom is 0.137 e. The molecule has 0 saturated carbocycles. The van der Waals surface area contributed by atoms with Gasteiger partial charge in [-0.15, -0.1) is 0 Å². The van der Waals surface area contributed by atoms with Crippen molar-refractivity contribution in [3.8, 4) is 6.07 Å². The summed E-state index contributed by atoms with van der Waals surface area (Å²) >= 11 is 3.17. The summed E-state index contributed by atoms with van der Waals surface area (Å²) in [6, 6.07) is 18.3. The highest BCUT2D eigenvalue weighted by Gasteiger charge is 2.06. The van der Waals surface area contributed by atoms with Gasteiger partial charge in [-0.25, -0.2) is 4.39 Å². The first-order valence-electron chi connectivity index (χ1n) is 6.33. The van der Waals surface area contributed by atoms with Gasteiger partial charge in [-0.2, -0.15) is 5.26 Å². The standard InChI is InChI=1S/C17H10BrFN2/c18-15-9-12(6-7-16(15)19)21-17-8-5-11(10-20)13-3-1-2-4-14(13)17/h1-9,21H. The molecular formula is C17H10BrFN2. The fraction of sp³-hybridized carbons (Fsp3) is 0. The molecule has 0 spiro atoms. The van der Waals surface area contributed by atoms with Crippen LogP contribution in [0.1, 0.15) is 5.56 Å². The van der Waals surface area contributed by atoms with Crippen LogP contribution in [0, 0.1) is 17.1 Å². The first-order valence-corrected chi connectivity index (χ1v) is 7.12. The summed E-state index contributed by atoms with van der Waals surface area (Å²) in [5.41, 5.74) is 2.29. The molecule has 0 atom stereocenters. The third-order valence-corrected chi connectivity index (χ3v) is 3.85. The van der Waals surface area contributed by atoms with Gasteiger partial charge in [0.1, 0.15) is 5.82 Å². The average Bonchev–Trinajstić information content (AvgIpc) is 2.51. The van der Waals surface area contributed by atoms with Gasteiger partial charge in [0.25, 0.3) is 0 Å². The van der Waals surface area contributed by atoms with Gasteiger partial charge < -0.3 is 5.32 Å². The van der Waals surface area contributed by atoms with Gasteiger partial charge in [0, 0.05) is 22.1 Å². The molecule has 0 aliphatic carbocycles. The Balaban J connectivity index is 2.09. The summed E-state index contributed by atoms with van der Waals surface area (Å²) in [6.45, 7) is 0. The normalized spacial score (nSPS) is 10.3. The van der Waals surface area contributed by atoms with Crippen LogP contribution in [0.15, 0.2) is 59.1 Å². The van der Waals surface area contributed by atoms with Gasteiger partial charge in [0.2, 0.25) is 0 Å². The molecule has 0 radical (unpaired) electrons. The van der Waals surface area contributed by atoms with Crippen LogP contribution in [-0.2, 0) is 0 Å². The Morgan fingerprint density at radius 3 is 2.48 bits per heavy atom. The number of nitrogens with zero attached hydrogens (tertiary/aromatic N) is 1. The van der Waals surface area contributed by atoms with E-state index in [9.17, 15) is 4.39 Å². The van der Waals surface area contributed by atoms with E-state index in [0.29, 0.717) is 10.0 Å². The molecule has 0 unspecified atom stereocenters. The van der Waals surface area contributed by atoms with E-state index in [1.807, 2.05) is 30.3 Å². The molecule has 0 fully saturated rings. The number of halogens is 2. The Labute approximate surface area is 130 Å². The largest absolute Gasteiger partial charge is 0.355 e. The second-order valence-corrected chi connectivity index (χ2v) is 5.43. The molecule has 1 N–H and O–H groups in total. The molecule has 0 aromatic heterocycles. The van der Waals surface area contributed by atoms with Crippen molar-refractivity contribution < 1.29 is 4.39 Å². The van der Waals surface area contributed by atoms with E-state index < -0.39 is 0 Å². The van der Waals surface area contributed by atoms with Crippen LogP contribution in [0.4, 0.5) is 15.8 Å². The van der Waals surface area contributed by atoms with Crippen LogP contribution < -0.4 is 5.32 Å². The second-order valence-electron chi connectivity index (χ2n) is 4.57. The highest BCUT2D eigenvalue weighted by atomic mass is 79.9. The number of nitrogens with one attached hydrogen (secondary N) is 1. The Hall–Kier alpha value is -2.38. The number of nitriles is 1. The molecule has 0 aliphatic rings. The lowest BCUT2D eigenvalue weighted by atomic mass is 10.0. The molecule has 3 aromatic carbocycles. The summed E-state index contributed by atoms with van der Waals surface area (Å²) in [5, 5.41) is 14.3. The molecule has 4 heteroatoms. The summed E-state index contributed by atoms with van der Waals surface area (Å²) in [4.78, 5) is 0. The van der Waals surface area contributed by atoms with Crippen LogP contribution in [0.2, 0.25) is 0 Å². The van der Waals surface area contributed by atoms with Gasteiger partial charge in [-0.3, -0.25) is 0 Å². The van der Waals surface area contributed by atoms with Crippen molar-refractivity contribution >= 4 is 38.1 Å². The van der Waals surface area contributed by atoms with Crippen molar-refractivity contribution in [2.24, 2.45) is 0 Å². The van der Waals surface area contributed by atoms with Gasteiger partial charge in [0.15, 0.2) is 0 Å². The summed E-state index contributed by atoms with van der Waals surface area (Å²) in [7, 11) is 0. The van der Waals surface area contributed by atoms with E-state index in [0.717, 1.165) is 22.1 Å². The van der Waals surface area contributed by atoms with E-state index >= 15 is 0 Å². The molecule has 0 heterocycles. The number of anilines is 2. The van der Waals surface area contributed by atoms with Crippen molar-refractivity contribution in [3.05, 3.63) is 70.5 Å². The first-order chi connectivity index (χ1) is 10.2. The molecular weight excluding hydrogens is 331 g/mol. The van der Waals surface area contributed by atoms with Crippen molar-refractivity contribution in [2.45, 2.75) is 0 Å². The maximum absolute atomic E-state index is 13.3.